The van der Waals surface area contributed by atoms with Crippen LogP contribution in [0.1, 0.15) is 17.1 Å². The molecule has 0 fully saturated rings. The number of hydrazine groups is 1. The summed E-state index contributed by atoms with van der Waals surface area (Å²) in [5, 5.41) is 23.6. The zero-order valence-electron chi connectivity index (χ0n) is 14.9. The van der Waals surface area contributed by atoms with Crippen LogP contribution in [-0.2, 0) is 9.97 Å². The van der Waals surface area contributed by atoms with Gasteiger partial charge in [0.05, 0.1) is 15.4 Å². The first-order valence-corrected chi connectivity index (χ1v) is 8.72. The van der Waals surface area contributed by atoms with E-state index in [0.717, 1.165) is 5.01 Å². The van der Waals surface area contributed by atoms with Crippen molar-refractivity contribution in [1.29, 1.82) is 0 Å². The molecular formula is C14H10Cl3F3N6O4. The van der Waals surface area contributed by atoms with Crippen molar-refractivity contribution in [2.45, 2.75) is 16.9 Å². The highest BCUT2D eigenvalue weighted by Gasteiger charge is 2.38. The molecule has 0 atom stereocenters. The molecule has 162 valence electrons. The average Bonchev–Trinajstić information content (AvgIpc) is 2.58. The summed E-state index contributed by atoms with van der Waals surface area (Å²) in [6, 6.07) is 1.71. The van der Waals surface area contributed by atoms with Crippen molar-refractivity contribution >= 4 is 57.7 Å². The summed E-state index contributed by atoms with van der Waals surface area (Å²) in [5.74, 6) is -0.292. The maximum Gasteiger partial charge on any atom is 0.416 e. The lowest BCUT2D eigenvalue weighted by atomic mass is 10.1. The number of hydrogen-bond donors (Lipinski definition) is 1. The van der Waals surface area contributed by atoms with Crippen LogP contribution in [0.2, 0.25) is 0 Å². The van der Waals surface area contributed by atoms with Crippen LogP contribution in [0.25, 0.3) is 0 Å². The first-order valence-electron chi connectivity index (χ1n) is 7.58. The number of halogens is 6. The van der Waals surface area contributed by atoms with Crippen LogP contribution in [-0.4, -0.2) is 26.9 Å². The molecule has 1 aromatic carbocycles. The summed E-state index contributed by atoms with van der Waals surface area (Å²) in [5.41, 5.74) is -2.07. The molecule has 0 aliphatic carbocycles. The van der Waals surface area contributed by atoms with Crippen LogP contribution in [0, 0.1) is 27.2 Å². The minimum Gasteiger partial charge on any atom is -0.285 e. The van der Waals surface area contributed by atoms with Gasteiger partial charge in [-0.25, -0.2) is 9.97 Å². The summed E-state index contributed by atoms with van der Waals surface area (Å²) < 4.78 is 37.0. The molecule has 0 aliphatic rings. The number of aromatic nitrogens is 2. The van der Waals surface area contributed by atoms with Crippen LogP contribution in [0.15, 0.2) is 18.2 Å². The van der Waals surface area contributed by atoms with Crippen molar-refractivity contribution in [1.82, 2.24) is 9.97 Å². The average molecular weight is 490 g/mol. The molecule has 0 bridgehead atoms. The van der Waals surface area contributed by atoms with E-state index >= 15 is 0 Å². The fraction of sp³-hybridized carbons (Fsp3) is 0.286. The highest BCUT2D eigenvalue weighted by Crippen LogP contribution is 2.42. The van der Waals surface area contributed by atoms with Crippen molar-refractivity contribution in [3.8, 4) is 0 Å². The monoisotopic (exact) mass is 488 g/mol. The predicted molar refractivity (Wildman–Crippen MR) is 103 cm³/mol. The number of hydrogen-bond acceptors (Lipinski definition) is 8. The number of anilines is 2. The first-order chi connectivity index (χ1) is 13.6. The smallest absolute Gasteiger partial charge is 0.285 e. The van der Waals surface area contributed by atoms with Gasteiger partial charge in [-0.15, -0.1) is 0 Å². The molecule has 1 heterocycles. The molecule has 0 unspecified atom stereocenters. The SMILES string of the molecule is Cc1cc(N(C)Nc2c([N+](=O)[O-])cc(C(F)(F)F)cc2[N+](=O)[O-])nc(C(Cl)(Cl)Cl)n1. The molecule has 2 aromatic rings. The van der Waals surface area contributed by atoms with E-state index in [4.69, 9.17) is 34.8 Å². The molecule has 16 heteroatoms. The molecule has 0 saturated carbocycles. The van der Waals surface area contributed by atoms with E-state index in [1.54, 1.807) is 0 Å². The maximum atomic E-state index is 13.0. The minimum absolute atomic E-state index is 0.0349. The molecule has 2 rings (SSSR count). The van der Waals surface area contributed by atoms with E-state index in [0.29, 0.717) is 5.69 Å². The van der Waals surface area contributed by atoms with Gasteiger partial charge in [0, 0.05) is 30.9 Å². The maximum absolute atomic E-state index is 13.0. The highest BCUT2D eigenvalue weighted by atomic mass is 35.6. The Labute approximate surface area is 180 Å². The van der Waals surface area contributed by atoms with Crippen molar-refractivity contribution in [2.24, 2.45) is 0 Å². The summed E-state index contributed by atoms with van der Waals surface area (Å²) in [7, 11) is 1.25. The quantitative estimate of drug-likeness (QED) is 0.356. The molecule has 0 aliphatic heterocycles. The van der Waals surface area contributed by atoms with Gasteiger partial charge in [0.25, 0.3) is 0 Å². The third-order valence-corrected chi connectivity index (χ3v) is 4.04. The molecule has 0 amide bonds. The van der Waals surface area contributed by atoms with Crippen molar-refractivity contribution in [3.05, 3.63) is 55.5 Å². The molecular weight excluding hydrogens is 480 g/mol. The Bertz CT molecular complexity index is 980. The normalized spacial score (nSPS) is 11.9. The molecule has 30 heavy (non-hydrogen) atoms. The fourth-order valence-electron chi connectivity index (χ4n) is 2.25. The zero-order chi connectivity index (χ0) is 23.0. The Morgan fingerprint density at radius 2 is 1.53 bits per heavy atom. The minimum atomic E-state index is -5.04. The van der Waals surface area contributed by atoms with E-state index in [-0.39, 0.29) is 23.8 Å². The zero-order valence-corrected chi connectivity index (χ0v) is 17.1. The van der Waals surface area contributed by atoms with E-state index in [2.05, 4.69) is 15.4 Å². The summed E-state index contributed by atoms with van der Waals surface area (Å²) >= 11 is 17.2. The van der Waals surface area contributed by atoms with E-state index in [1.165, 1.54) is 20.0 Å². The Balaban J connectivity index is 2.61. The topological polar surface area (TPSA) is 127 Å². The van der Waals surface area contributed by atoms with Crippen LogP contribution < -0.4 is 10.4 Å². The Morgan fingerprint density at radius 1 is 1.03 bits per heavy atom. The number of nitro benzene ring substituents is 2. The standard InChI is InChI=1S/C14H10Cl3F3N6O4/c1-6-3-10(22-12(21-6)13(15,16)17)24(2)23-11-8(25(27)28)4-7(14(18,19)20)5-9(11)26(29)30/h3-5,23H,1-2H3. The molecule has 0 saturated heterocycles. The van der Waals surface area contributed by atoms with Gasteiger partial charge in [-0.2, -0.15) is 13.2 Å². The summed E-state index contributed by atoms with van der Waals surface area (Å²) in [4.78, 5) is 28.1. The lowest BCUT2D eigenvalue weighted by Crippen LogP contribution is -2.28. The molecule has 1 N–H and O–H groups in total. The van der Waals surface area contributed by atoms with Gasteiger partial charge in [0.2, 0.25) is 9.48 Å². The van der Waals surface area contributed by atoms with Gasteiger partial charge < -0.3 is 0 Å². The lowest BCUT2D eigenvalue weighted by molar-refractivity contribution is -0.392. The second kappa shape index (κ2) is 8.24. The van der Waals surface area contributed by atoms with Gasteiger partial charge in [-0.05, 0) is 6.92 Å². The van der Waals surface area contributed by atoms with Crippen LogP contribution in [0.3, 0.4) is 0 Å². The largest absolute Gasteiger partial charge is 0.416 e. The van der Waals surface area contributed by atoms with Gasteiger partial charge in [0.1, 0.15) is 0 Å². The number of alkyl halides is 6. The van der Waals surface area contributed by atoms with Gasteiger partial charge in [0.15, 0.2) is 11.6 Å². The first kappa shape index (κ1) is 23.6. The van der Waals surface area contributed by atoms with Crippen molar-refractivity contribution in [3.63, 3.8) is 0 Å². The molecule has 0 radical (unpaired) electrons. The second-order valence-electron chi connectivity index (χ2n) is 5.76. The number of aryl methyl sites for hydroxylation is 1. The van der Waals surface area contributed by atoms with E-state index in [9.17, 15) is 33.4 Å². The third-order valence-electron chi connectivity index (χ3n) is 3.53. The van der Waals surface area contributed by atoms with E-state index < -0.39 is 42.4 Å². The molecule has 1 aromatic heterocycles. The Morgan fingerprint density at radius 3 is 1.93 bits per heavy atom. The number of nitrogens with zero attached hydrogens (tertiary/aromatic N) is 5. The van der Waals surface area contributed by atoms with Crippen molar-refractivity contribution < 1.29 is 23.0 Å². The van der Waals surface area contributed by atoms with Crippen LogP contribution >= 0.6 is 34.8 Å². The van der Waals surface area contributed by atoms with Crippen molar-refractivity contribution in [2.75, 3.05) is 17.5 Å². The molecule has 0 spiro atoms. The summed E-state index contributed by atoms with van der Waals surface area (Å²) in [6.07, 6.45) is -5.04. The fourth-order valence-corrected chi connectivity index (χ4v) is 2.51. The number of nitrogens with one attached hydrogen (secondary N) is 1. The lowest BCUT2D eigenvalue weighted by Gasteiger charge is -2.22. The van der Waals surface area contributed by atoms with Gasteiger partial charge >= 0.3 is 17.6 Å². The third kappa shape index (κ3) is 5.29. The van der Waals surface area contributed by atoms with E-state index in [1.807, 2.05) is 0 Å². The van der Waals surface area contributed by atoms with Crippen LogP contribution in [0.4, 0.5) is 36.1 Å². The number of nitro groups is 2. The van der Waals surface area contributed by atoms with Crippen LogP contribution in [0.5, 0.6) is 0 Å². The highest BCUT2D eigenvalue weighted by molar-refractivity contribution is 6.66. The van der Waals surface area contributed by atoms with Gasteiger partial charge in [-0.1, -0.05) is 34.8 Å². The number of benzene rings is 1. The van der Waals surface area contributed by atoms with Gasteiger partial charge in [-0.3, -0.25) is 30.7 Å². The Hall–Kier alpha value is -2.64. The second-order valence-corrected chi connectivity index (χ2v) is 8.04. The molecule has 10 nitrogen and oxygen atoms in total. The Kier molecular flexibility index (Phi) is 6.49. The number of rotatable bonds is 5. The predicted octanol–water partition coefficient (Wildman–Crippen LogP) is 4.91. The summed E-state index contributed by atoms with van der Waals surface area (Å²) in [6.45, 7) is 1.52.